The molecule has 5 heteroatoms. The van der Waals surface area contributed by atoms with Gasteiger partial charge in [0.1, 0.15) is 0 Å². The number of guanidine groups is 1. The number of hydrogen-bond acceptors (Lipinski definition) is 3. The fourth-order valence-corrected chi connectivity index (χ4v) is 2.64. The quantitative estimate of drug-likeness (QED) is 0.301. The van der Waals surface area contributed by atoms with Crippen LogP contribution in [0.5, 0.6) is 0 Å². The molecule has 1 rings (SSSR count). The van der Waals surface area contributed by atoms with Gasteiger partial charge >= 0.3 is 0 Å². The van der Waals surface area contributed by atoms with E-state index in [0.717, 1.165) is 0 Å². The van der Waals surface area contributed by atoms with E-state index in [1.165, 1.54) is 32.1 Å². The Kier molecular flexibility index (Phi) is 7.05. The summed E-state index contributed by atoms with van der Waals surface area (Å²) < 4.78 is 5.10. The predicted octanol–water partition coefficient (Wildman–Crippen LogP) is 1.40. The lowest BCUT2D eigenvalue weighted by Gasteiger charge is -2.29. The highest BCUT2D eigenvalue weighted by Gasteiger charge is 2.23. The van der Waals surface area contributed by atoms with Crippen molar-refractivity contribution in [2.24, 2.45) is 16.8 Å². The number of ether oxygens (including phenoxy) is 1. The standard InChI is InChI=1S/C13H28N4O/c1-4-11-7-5-6-8-12(11)16-13(17-14)15-10(2)9-18-3/h10-12H,4-9,14H2,1-3H3,(H2,15,16,17). The van der Waals surface area contributed by atoms with Crippen LogP contribution in [-0.2, 0) is 4.74 Å². The van der Waals surface area contributed by atoms with Crippen molar-refractivity contribution in [2.75, 3.05) is 13.7 Å². The molecule has 0 aromatic heterocycles. The van der Waals surface area contributed by atoms with Crippen molar-refractivity contribution in [1.82, 2.24) is 10.7 Å². The highest BCUT2D eigenvalue weighted by molar-refractivity contribution is 5.79. The maximum absolute atomic E-state index is 5.54. The molecule has 0 aromatic carbocycles. The molecule has 4 N–H and O–H groups in total. The highest BCUT2D eigenvalue weighted by atomic mass is 16.5. The highest BCUT2D eigenvalue weighted by Crippen LogP contribution is 2.29. The van der Waals surface area contributed by atoms with E-state index in [0.29, 0.717) is 24.5 Å². The van der Waals surface area contributed by atoms with E-state index < -0.39 is 0 Å². The van der Waals surface area contributed by atoms with Crippen molar-refractivity contribution in [3.63, 3.8) is 0 Å². The van der Waals surface area contributed by atoms with Crippen LogP contribution < -0.4 is 16.6 Å². The fourth-order valence-electron chi connectivity index (χ4n) is 2.64. The number of rotatable bonds is 5. The van der Waals surface area contributed by atoms with E-state index in [9.17, 15) is 0 Å². The van der Waals surface area contributed by atoms with Crippen LogP contribution in [0.2, 0.25) is 0 Å². The molecule has 0 radical (unpaired) electrons. The van der Waals surface area contributed by atoms with E-state index in [4.69, 9.17) is 15.6 Å². The molecular weight excluding hydrogens is 228 g/mol. The first-order chi connectivity index (χ1) is 8.71. The Morgan fingerprint density at radius 3 is 2.78 bits per heavy atom. The Balaban J connectivity index is 2.58. The molecule has 1 saturated carbocycles. The third-order valence-electron chi connectivity index (χ3n) is 3.62. The zero-order valence-electron chi connectivity index (χ0n) is 11.9. The van der Waals surface area contributed by atoms with Gasteiger partial charge in [-0.25, -0.2) is 10.8 Å². The van der Waals surface area contributed by atoms with Crippen molar-refractivity contribution in [3.05, 3.63) is 0 Å². The topological polar surface area (TPSA) is 71.7 Å². The number of nitrogens with one attached hydrogen (secondary N) is 2. The van der Waals surface area contributed by atoms with Crippen molar-refractivity contribution in [1.29, 1.82) is 0 Å². The van der Waals surface area contributed by atoms with Gasteiger partial charge in [0.2, 0.25) is 5.96 Å². The Hall–Kier alpha value is -0.810. The maximum Gasteiger partial charge on any atom is 0.206 e. The molecule has 0 aromatic rings. The first-order valence-corrected chi connectivity index (χ1v) is 7.01. The van der Waals surface area contributed by atoms with Gasteiger partial charge in [0.25, 0.3) is 0 Å². The third-order valence-corrected chi connectivity index (χ3v) is 3.62. The number of hydrazine groups is 1. The van der Waals surface area contributed by atoms with Crippen molar-refractivity contribution < 1.29 is 4.74 Å². The zero-order chi connectivity index (χ0) is 13.4. The van der Waals surface area contributed by atoms with E-state index in [1.54, 1.807) is 7.11 Å². The van der Waals surface area contributed by atoms with Crippen LogP contribution in [0.15, 0.2) is 4.99 Å². The number of hydrogen-bond donors (Lipinski definition) is 3. The Labute approximate surface area is 111 Å². The normalized spacial score (nSPS) is 26.8. The molecule has 1 fully saturated rings. The second kappa shape index (κ2) is 8.32. The van der Waals surface area contributed by atoms with Crippen molar-refractivity contribution in [2.45, 2.75) is 58.0 Å². The lowest BCUT2D eigenvalue weighted by molar-refractivity contribution is 0.178. The SMILES string of the molecule is CCC1CCCCC1N=C(NN)NC(C)COC. The van der Waals surface area contributed by atoms with E-state index in [2.05, 4.69) is 24.6 Å². The maximum atomic E-state index is 5.54. The van der Waals surface area contributed by atoms with Crippen LogP contribution in [0.4, 0.5) is 0 Å². The lowest BCUT2D eigenvalue weighted by atomic mass is 9.83. The van der Waals surface area contributed by atoms with Gasteiger partial charge in [-0.1, -0.05) is 26.2 Å². The Morgan fingerprint density at radius 2 is 2.17 bits per heavy atom. The van der Waals surface area contributed by atoms with Gasteiger partial charge in [-0.05, 0) is 25.7 Å². The molecule has 5 nitrogen and oxygen atoms in total. The second-order valence-electron chi connectivity index (χ2n) is 5.14. The molecule has 0 spiro atoms. The molecule has 3 atom stereocenters. The summed E-state index contributed by atoms with van der Waals surface area (Å²) in [5.74, 6) is 6.92. The number of nitrogens with zero attached hydrogens (tertiary/aromatic N) is 1. The lowest BCUT2D eigenvalue weighted by Crippen LogP contribution is -2.48. The van der Waals surface area contributed by atoms with Gasteiger partial charge in [0.05, 0.1) is 12.6 Å². The molecule has 0 aliphatic heterocycles. The summed E-state index contributed by atoms with van der Waals surface area (Å²) in [5.41, 5.74) is 2.67. The Bertz CT molecular complexity index is 257. The minimum Gasteiger partial charge on any atom is -0.383 e. The summed E-state index contributed by atoms with van der Waals surface area (Å²) in [7, 11) is 1.69. The second-order valence-corrected chi connectivity index (χ2v) is 5.14. The van der Waals surface area contributed by atoms with E-state index >= 15 is 0 Å². The minimum absolute atomic E-state index is 0.202. The molecule has 0 saturated heterocycles. The largest absolute Gasteiger partial charge is 0.383 e. The van der Waals surface area contributed by atoms with Crippen LogP contribution in [0.25, 0.3) is 0 Å². The summed E-state index contributed by atoms with van der Waals surface area (Å²) in [6, 6.07) is 0.602. The Morgan fingerprint density at radius 1 is 1.44 bits per heavy atom. The van der Waals surface area contributed by atoms with Crippen LogP contribution in [0.1, 0.15) is 46.0 Å². The summed E-state index contributed by atoms with van der Waals surface area (Å²) in [4.78, 5) is 4.74. The molecule has 0 heterocycles. The molecule has 0 bridgehead atoms. The van der Waals surface area contributed by atoms with E-state index in [-0.39, 0.29) is 6.04 Å². The average Bonchev–Trinajstić information content (AvgIpc) is 2.38. The van der Waals surface area contributed by atoms with Crippen LogP contribution in [0, 0.1) is 5.92 Å². The van der Waals surface area contributed by atoms with Gasteiger partial charge < -0.3 is 10.1 Å². The predicted molar refractivity (Wildman–Crippen MR) is 75.3 cm³/mol. The summed E-state index contributed by atoms with van der Waals surface area (Å²) >= 11 is 0. The van der Waals surface area contributed by atoms with E-state index in [1.807, 2.05) is 0 Å². The first kappa shape index (κ1) is 15.2. The van der Waals surface area contributed by atoms with Gasteiger partial charge in [-0.15, -0.1) is 0 Å². The summed E-state index contributed by atoms with van der Waals surface area (Å²) in [6.07, 6.45) is 6.26. The molecular formula is C13H28N4O. The molecule has 3 unspecified atom stereocenters. The van der Waals surface area contributed by atoms with Crippen LogP contribution in [-0.4, -0.2) is 31.8 Å². The zero-order valence-corrected chi connectivity index (χ0v) is 11.9. The molecule has 1 aliphatic carbocycles. The molecule has 18 heavy (non-hydrogen) atoms. The first-order valence-electron chi connectivity index (χ1n) is 7.01. The van der Waals surface area contributed by atoms with Crippen molar-refractivity contribution >= 4 is 5.96 Å². The van der Waals surface area contributed by atoms with Gasteiger partial charge in [0.15, 0.2) is 0 Å². The molecule has 0 amide bonds. The van der Waals surface area contributed by atoms with Crippen molar-refractivity contribution in [3.8, 4) is 0 Å². The third kappa shape index (κ3) is 4.82. The van der Waals surface area contributed by atoms with Gasteiger partial charge in [-0.3, -0.25) is 5.43 Å². The molecule has 106 valence electrons. The van der Waals surface area contributed by atoms with Crippen LogP contribution >= 0.6 is 0 Å². The summed E-state index contributed by atoms with van der Waals surface area (Å²) in [6.45, 7) is 4.94. The number of nitrogens with two attached hydrogens (primary N) is 1. The monoisotopic (exact) mass is 256 g/mol. The summed E-state index contributed by atoms with van der Waals surface area (Å²) in [5, 5.41) is 3.25. The smallest absolute Gasteiger partial charge is 0.206 e. The van der Waals surface area contributed by atoms with Gasteiger partial charge in [-0.2, -0.15) is 0 Å². The number of methoxy groups -OCH3 is 1. The fraction of sp³-hybridized carbons (Fsp3) is 0.923. The number of aliphatic imine (C=N–C) groups is 1. The molecule has 1 aliphatic rings. The van der Waals surface area contributed by atoms with Crippen LogP contribution in [0.3, 0.4) is 0 Å². The average molecular weight is 256 g/mol. The minimum atomic E-state index is 0.202. The van der Waals surface area contributed by atoms with Gasteiger partial charge in [0, 0.05) is 13.2 Å².